The Morgan fingerprint density at radius 2 is 1.92 bits per heavy atom. The smallest absolute Gasteiger partial charge is 0.412 e. The van der Waals surface area contributed by atoms with Crippen LogP contribution in [-0.2, 0) is 21.3 Å². The van der Waals surface area contributed by atoms with Crippen molar-refractivity contribution in [1.29, 1.82) is 0 Å². The average Bonchev–Trinajstić information content (AvgIpc) is 3.32. The van der Waals surface area contributed by atoms with E-state index in [0.717, 1.165) is 27.8 Å². The number of ether oxygens (including phenoxy) is 3. The van der Waals surface area contributed by atoms with Crippen LogP contribution < -0.4 is 19.1 Å². The fourth-order valence-electron chi connectivity index (χ4n) is 3.09. The molecule has 194 valence electrons. The Balaban J connectivity index is 2.01. The predicted molar refractivity (Wildman–Crippen MR) is 136 cm³/mol. The van der Waals surface area contributed by atoms with Gasteiger partial charge in [0.15, 0.2) is 5.13 Å². The van der Waals surface area contributed by atoms with Crippen molar-refractivity contribution >= 4 is 49.9 Å². The first-order chi connectivity index (χ1) is 16.9. The summed E-state index contributed by atoms with van der Waals surface area (Å²) in [5.41, 5.74) is -0.443. The number of methoxy groups -OCH3 is 2. The Labute approximate surface area is 217 Å². The average molecular weight is 558 g/mol. The van der Waals surface area contributed by atoms with Gasteiger partial charge in [0.05, 0.1) is 31.5 Å². The Hall–Kier alpha value is -3.09. The van der Waals surface area contributed by atoms with Gasteiger partial charge < -0.3 is 14.2 Å². The van der Waals surface area contributed by atoms with E-state index in [1.54, 1.807) is 44.4 Å². The second kappa shape index (κ2) is 10.9. The molecule has 0 saturated carbocycles. The predicted octanol–water partition coefficient (Wildman–Crippen LogP) is 5.70. The molecular weight excluding hydrogens is 533 g/mol. The number of hydrogen-bond acceptors (Lipinski definition) is 8. The van der Waals surface area contributed by atoms with E-state index in [1.165, 1.54) is 20.4 Å². The third-order valence-electron chi connectivity index (χ3n) is 4.67. The topological polar surface area (TPSA) is 107 Å². The van der Waals surface area contributed by atoms with Gasteiger partial charge in [-0.3, -0.25) is 5.32 Å². The van der Waals surface area contributed by atoms with Crippen molar-refractivity contribution in [3.63, 3.8) is 0 Å². The van der Waals surface area contributed by atoms with Crippen LogP contribution in [0.25, 0.3) is 0 Å². The van der Waals surface area contributed by atoms with Crippen LogP contribution in [0.5, 0.6) is 11.5 Å². The maximum atomic E-state index is 15.2. The molecule has 0 aliphatic carbocycles. The van der Waals surface area contributed by atoms with Crippen LogP contribution in [0.15, 0.2) is 46.8 Å². The number of sulfonamides is 1. The summed E-state index contributed by atoms with van der Waals surface area (Å²) in [4.78, 5) is 15.5. The third kappa shape index (κ3) is 6.37. The van der Waals surface area contributed by atoms with E-state index in [0.29, 0.717) is 17.1 Å². The van der Waals surface area contributed by atoms with Crippen molar-refractivity contribution < 1.29 is 31.8 Å². The van der Waals surface area contributed by atoms with Crippen LogP contribution in [0.2, 0.25) is 5.02 Å². The van der Waals surface area contributed by atoms with E-state index in [9.17, 15) is 13.2 Å². The fraction of sp³-hybridized carbons (Fsp3) is 0.304. The Bertz CT molecular complexity index is 1340. The molecule has 3 aromatic rings. The number of halogens is 2. The summed E-state index contributed by atoms with van der Waals surface area (Å²) in [5, 5.41) is 3.84. The molecule has 3 rings (SSSR count). The second-order valence-electron chi connectivity index (χ2n) is 8.39. The van der Waals surface area contributed by atoms with Gasteiger partial charge in [0, 0.05) is 29.3 Å². The number of nitrogens with one attached hydrogen (secondary N) is 1. The molecule has 2 aromatic carbocycles. The quantitative estimate of drug-likeness (QED) is 0.379. The van der Waals surface area contributed by atoms with Gasteiger partial charge in [0.2, 0.25) is 0 Å². The third-order valence-corrected chi connectivity index (χ3v) is 7.64. The van der Waals surface area contributed by atoms with Gasteiger partial charge in [-0.25, -0.2) is 26.9 Å². The maximum Gasteiger partial charge on any atom is 0.412 e. The highest BCUT2D eigenvalue weighted by Gasteiger charge is 2.32. The summed E-state index contributed by atoms with van der Waals surface area (Å²) in [6.07, 6.45) is 0.570. The summed E-state index contributed by atoms with van der Waals surface area (Å²) in [6.45, 7) is 4.78. The van der Waals surface area contributed by atoms with Crippen molar-refractivity contribution in [2.45, 2.75) is 37.8 Å². The summed E-state index contributed by atoms with van der Waals surface area (Å²) >= 11 is 7.29. The fourth-order valence-corrected chi connectivity index (χ4v) is 5.70. The lowest BCUT2D eigenvalue weighted by molar-refractivity contribution is 0.0636. The molecule has 0 fully saturated rings. The molecular formula is C23H25ClFN3O6S2. The molecule has 1 heterocycles. The molecule has 0 saturated heterocycles. The van der Waals surface area contributed by atoms with Gasteiger partial charge in [-0.2, -0.15) is 0 Å². The Morgan fingerprint density at radius 1 is 1.19 bits per heavy atom. The highest BCUT2D eigenvalue weighted by atomic mass is 35.5. The van der Waals surface area contributed by atoms with E-state index >= 15 is 4.39 Å². The minimum atomic E-state index is -4.50. The molecule has 13 heteroatoms. The van der Waals surface area contributed by atoms with Gasteiger partial charge >= 0.3 is 6.09 Å². The number of anilines is 2. The van der Waals surface area contributed by atoms with Crippen LogP contribution in [0.1, 0.15) is 26.3 Å². The number of amides is 1. The minimum Gasteiger partial charge on any atom is -0.497 e. The van der Waals surface area contributed by atoms with Gasteiger partial charge in [0.25, 0.3) is 10.0 Å². The van der Waals surface area contributed by atoms with Crippen LogP contribution in [0, 0.1) is 5.82 Å². The highest BCUT2D eigenvalue weighted by Crippen LogP contribution is 2.35. The molecule has 1 amide bonds. The van der Waals surface area contributed by atoms with Crippen LogP contribution in [0.4, 0.5) is 20.0 Å². The lowest BCUT2D eigenvalue weighted by atomic mass is 10.2. The molecule has 0 bridgehead atoms. The standard InChI is InChI=1S/C23H25ClFN3O6S2/c1-23(2,3)34-22(29)27-18-12-17(25)20(11-16(18)24)36(30,31)28(21-26-8-9-35-21)13-14-6-7-15(32-4)10-19(14)33-5/h6-12H,13H2,1-5H3,(H,27,29). The maximum absolute atomic E-state index is 15.2. The number of hydrogen-bond donors (Lipinski definition) is 1. The zero-order chi connectivity index (χ0) is 26.7. The van der Waals surface area contributed by atoms with Crippen LogP contribution in [0.3, 0.4) is 0 Å². The number of rotatable bonds is 8. The monoisotopic (exact) mass is 557 g/mol. The first-order valence-electron chi connectivity index (χ1n) is 10.5. The van der Waals surface area contributed by atoms with Crippen molar-refractivity contribution in [3.05, 3.63) is 58.3 Å². The summed E-state index contributed by atoms with van der Waals surface area (Å²) in [6, 6.07) is 6.67. The largest absolute Gasteiger partial charge is 0.497 e. The van der Waals surface area contributed by atoms with Crippen molar-refractivity contribution in [3.8, 4) is 11.5 Å². The summed E-state index contributed by atoms with van der Waals surface area (Å²) in [5.74, 6) is -0.222. The molecule has 36 heavy (non-hydrogen) atoms. The van der Waals surface area contributed by atoms with Crippen molar-refractivity contribution in [2.75, 3.05) is 23.8 Å². The van der Waals surface area contributed by atoms with Crippen LogP contribution >= 0.6 is 22.9 Å². The molecule has 0 aliphatic rings. The lowest BCUT2D eigenvalue weighted by Gasteiger charge is -2.24. The van der Waals surface area contributed by atoms with E-state index in [1.807, 2.05) is 0 Å². The number of benzene rings is 2. The van der Waals surface area contributed by atoms with E-state index < -0.39 is 32.4 Å². The highest BCUT2D eigenvalue weighted by molar-refractivity contribution is 7.93. The van der Waals surface area contributed by atoms with Crippen molar-refractivity contribution in [2.24, 2.45) is 0 Å². The molecule has 0 unspecified atom stereocenters. The SMILES string of the molecule is COc1ccc(CN(c2nccs2)S(=O)(=O)c2cc(Cl)c(NC(=O)OC(C)(C)C)cc2F)c(OC)c1. The lowest BCUT2D eigenvalue weighted by Crippen LogP contribution is -2.31. The number of nitrogens with zero attached hydrogens (tertiary/aromatic N) is 2. The number of carbonyl (C=O) groups excluding carboxylic acids is 1. The van der Waals surface area contributed by atoms with Gasteiger partial charge in [0.1, 0.15) is 27.8 Å². The molecule has 1 N–H and O–H groups in total. The molecule has 0 spiro atoms. The minimum absolute atomic E-state index is 0.111. The van der Waals surface area contributed by atoms with E-state index in [4.69, 9.17) is 25.8 Å². The second-order valence-corrected chi connectivity index (χ2v) is 11.5. The Morgan fingerprint density at radius 3 is 2.50 bits per heavy atom. The number of aromatic nitrogens is 1. The Kier molecular flexibility index (Phi) is 8.32. The zero-order valence-corrected chi connectivity index (χ0v) is 22.6. The summed E-state index contributed by atoms with van der Waals surface area (Å²) < 4.78 is 59.2. The molecule has 0 aliphatic heterocycles. The zero-order valence-electron chi connectivity index (χ0n) is 20.2. The van der Waals surface area contributed by atoms with Gasteiger partial charge in [-0.15, -0.1) is 11.3 Å². The number of carbonyl (C=O) groups is 1. The molecule has 9 nitrogen and oxygen atoms in total. The van der Waals surface area contributed by atoms with E-state index in [-0.39, 0.29) is 22.4 Å². The van der Waals surface area contributed by atoms with Crippen molar-refractivity contribution in [1.82, 2.24) is 4.98 Å². The van der Waals surface area contributed by atoms with Crippen LogP contribution in [-0.4, -0.2) is 39.3 Å². The number of thiazole rings is 1. The molecule has 0 radical (unpaired) electrons. The van der Waals surface area contributed by atoms with Gasteiger partial charge in [-0.05, 0) is 39.0 Å². The van der Waals surface area contributed by atoms with E-state index in [2.05, 4.69) is 10.3 Å². The van der Waals surface area contributed by atoms with Gasteiger partial charge in [-0.1, -0.05) is 11.6 Å². The first kappa shape index (κ1) is 27.5. The normalized spacial score (nSPS) is 11.6. The molecule has 0 atom stereocenters. The summed E-state index contributed by atoms with van der Waals surface area (Å²) in [7, 11) is -1.56. The molecule has 1 aromatic heterocycles. The first-order valence-corrected chi connectivity index (χ1v) is 13.2.